The van der Waals surface area contributed by atoms with Crippen molar-refractivity contribution in [2.24, 2.45) is 0 Å². The Morgan fingerprint density at radius 1 is 1.20 bits per heavy atom. The molecular weight excluding hydrogens is 418 g/mol. The molecule has 1 fully saturated rings. The van der Waals surface area contributed by atoms with Gasteiger partial charge in [0.2, 0.25) is 0 Å². The summed E-state index contributed by atoms with van der Waals surface area (Å²) in [5.41, 5.74) is 2.63. The number of hydrogen-bond acceptors (Lipinski definition) is 6. The van der Waals surface area contributed by atoms with Gasteiger partial charge in [0.25, 0.3) is 5.91 Å². The van der Waals surface area contributed by atoms with E-state index in [9.17, 15) is 4.79 Å². The summed E-state index contributed by atoms with van der Waals surface area (Å²) < 4.78 is 0. The Kier molecular flexibility index (Phi) is 6.22. The second-order valence-corrected chi connectivity index (χ2v) is 9.11. The highest BCUT2D eigenvalue weighted by atomic mass is 35.5. The summed E-state index contributed by atoms with van der Waals surface area (Å²) in [6.45, 7) is 11.2. The van der Waals surface area contributed by atoms with Crippen molar-refractivity contribution in [1.82, 2.24) is 14.9 Å². The topological polar surface area (TPSA) is 61.4 Å². The van der Waals surface area contributed by atoms with Gasteiger partial charge >= 0.3 is 0 Å². The van der Waals surface area contributed by atoms with Crippen LogP contribution in [0.3, 0.4) is 0 Å². The van der Waals surface area contributed by atoms with Crippen LogP contribution in [0.2, 0.25) is 5.02 Å². The number of aromatic nitrogens is 2. The van der Waals surface area contributed by atoms with Crippen molar-refractivity contribution >= 4 is 50.6 Å². The summed E-state index contributed by atoms with van der Waals surface area (Å²) in [5, 5.41) is 4.66. The van der Waals surface area contributed by atoms with Crippen LogP contribution in [-0.2, 0) is 0 Å². The molecule has 0 unspecified atom stereocenters. The molecule has 0 bridgehead atoms. The van der Waals surface area contributed by atoms with Crippen molar-refractivity contribution in [3.8, 4) is 0 Å². The first-order valence-corrected chi connectivity index (χ1v) is 11.5. The second-order valence-electron chi connectivity index (χ2n) is 7.68. The van der Waals surface area contributed by atoms with Gasteiger partial charge in [-0.2, -0.15) is 0 Å². The summed E-state index contributed by atoms with van der Waals surface area (Å²) in [4.78, 5) is 28.4. The highest BCUT2D eigenvalue weighted by molar-refractivity contribution is 7.20. The number of fused-ring (bicyclic) bond motifs is 1. The smallest absolute Gasteiger partial charge is 0.266 e. The predicted octanol–water partition coefficient (Wildman–Crippen LogP) is 4.75. The maximum Gasteiger partial charge on any atom is 0.266 e. The molecule has 0 spiro atoms. The molecule has 3 heterocycles. The summed E-state index contributed by atoms with van der Waals surface area (Å²) in [6.07, 6.45) is 2.78. The van der Waals surface area contributed by atoms with E-state index in [0.717, 1.165) is 65.6 Å². The summed E-state index contributed by atoms with van der Waals surface area (Å²) in [6, 6.07) is 5.46. The third-order valence-electron chi connectivity index (χ3n) is 5.56. The third kappa shape index (κ3) is 4.15. The SMILES string of the molecule is CCCN1CCN(c2ncnc3sc(C(=O)Nc4ccc(Cl)cc4C)c(C)c23)CC1. The summed E-state index contributed by atoms with van der Waals surface area (Å²) >= 11 is 7.45. The normalized spacial score (nSPS) is 15.0. The van der Waals surface area contributed by atoms with Crippen LogP contribution >= 0.6 is 22.9 Å². The lowest BCUT2D eigenvalue weighted by Gasteiger charge is -2.35. The molecule has 1 N–H and O–H groups in total. The van der Waals surface area contributed by atoms with Crippen LogP contribution in [0.1, 0.15) is 34.1 Å². The van der Waals surface area contributed by atoms with Gasteiger partial charge in [-0.05, 0) is 56.1 Å². The fraction of sp³-hybridized carbons (Fsp3) is 0.409. The van der Waals surface area contributed by atoms with E-state index in [-0.39, 0.29) is 5.91 Å². The first-order valence-electron chi connectivity index (χ1n) is 10.3. The Morgan fingerprint density at radius 2 is 1.97 bits per heavy atom. The van der Waals surface area contributed by atoms with Gasteiger partial charge in [0.05, 0.1) is 10.3 Å². The molecule has 8 heteroatoms. The maximum atomic E-state index is 13.0. The number of nitrogens with zero attached hydrogens (tertiary/aromatic N) is 4. The molecule has 0 aliphatic carbocycles. The van der Waals surface area contributed by atoms with Gasteiger partial charge in [-0.1, -0.05) is 18.5 Å². The minimum absolute atomic E-state index is 0.125. The van der Waals surface area contributed by atoms with E-state index >= 15 is 0 Å². The molecule has 158 valence electrons. The Labute approximate surface area is 185 Å². The van der Waals surface area contributed by atoms with E-state index in [1.807, 2.05) is 26.0 Å². The summed E-state index contributed by atoms with van der Waals surface area (Å²) in [7, 11) is 0. The number of carbonyl (C=O) groups is 1. The number of hydrogen-bond donors (Lipinski definition) is 1. The van der Waals surface area contributed by atoms with E-state index in [2.05, 4.69) is 32.0 Å². The van der Waals surface area contributed by atoms with Gasteiger partial charge in [0.1, 0.15) is 17.0 Å². The van der Waals surface area contributed by atoms with E-state index < -0.39 is 0 Å². The number of carbonyl (C=O) groups excluding carboxylic acids is 1. The molecule has 1 aromatic carbocycles. The van der Waals surface area contributed by atoms with E-state index in [4.69, 9.17) is 11.6 Å². The van der Waals surface area contributed by atoms with Crippen molar-refractivity contribution in [2.75, 3.05) is 42.9 Å². The van der Waals surface area contributed by atoms with Gasteiger partial charge in [-0.3, -0.25) is 9.69 Å². The van der Waals surface area contributed by atoms with Crippen molar-refractivity contribution in [3.63, 3.8) is 0 Å². The number of amides is 1. The quantitative estimate of drug-likeness (QED) is 0.616. The molecule has 1 saturated heterocycles. The van der Waals surface area contributed by atoms with Crippen molar-refractivity contribution in [3.05, 3.63) is 45.6 Å². The fourth-order valence-corrected chi connectivity index (χ4v) is 5.22. The largest absolute Gasteiger partial charge is 0.353 e. The van der Waals surface area contributed by atoms with Crippen LogP contribution in [0.25, 0.3) is 10.2 Å². The molecular formula is C22H26ClN5OS. The number of benzene rings is 1. The molecule has 30 heavy (non-hydrogen) atoms. The average molecular weight is 444 g/mol. The second kappa shape index (κ2) is 8.88. The lowest BCUT2D eigenvalue weighted by molar-refractivity contribution is 0.103. The molecule has 6 nitrogen and oxygen atoms in total. The molecule has 0 atom stereocenters. The monoisotopic (exact) mass is 443 g/mol. The van der Waals surface area contributed by atoms with Gasteiger partial charge in [0, 0.05) is 36.9 Å². The number of anilines is 2. The molecule has 0 radical (unpaired) electrons. The lowest BCUT2D eigenvalue weighted by Crippen LogP contribution is -2.46. The molecule has 3 aromatic rings. The van der Waals surface area contributed by atoms with E-state index in [1.54, 1.807) is 12.4 Å². The predicted molar refractivity (Wildman–Crippen MR) is 125 cm³/mol. The minimum atomic E-state index is -0.125. The molecule has 1 aliphatic rings. The molecule has 2 aromatic heterocycles. The molecule has 0 saturated carbocycles. The Balaban J connectivity index is 1.61. The summed E-state index contributed by atoms with van der Waals surface area (Å²) in [5.74, 6) is 0.811. The number of nitrogens with one attached hydrogen (secondary N) is 1. The Hall–Kier alpha value is -2.22. The zero-order valence-electron chi connectivity index (χ0n) is 17.5. The van der Waals surface area contributed by atoms with Crippen LogP contribution in [-0.4, -0.2) is 53.5 Å². The number of halogens is 1. The Bertz CT molecular complexity index is 1070. The molecule has 1 aliphatic heterocycles. The molecule has 4 rings (SSSR count). The van der Waals surface area contributed by atoms with Crippen molar-refractivity contribution in [2.45, 2.75) is 27.2 Å². The first kappa shape index (κ1) is 21.0. The van der Waals surface area contributed by atoms with Crippen LogP contribution in [0.4, 0.5) is 11.5 Å². The van der Waals surface area contributed by atoms with Gasteiger partial charge < -0.3 is 10.2 Å². The highest BCUT2D eigenvalue weighted by Crippen LogP contribution is 2.35. The molecule has 1 amide bonds. The average Bonchev–Trinajstić information content (AvgIpc) is 3.08. The van der Waals surface area contributed by atoms with Gasteiger partial charge in [0.15, 0.2) is 0 Å². The van der Waals surface area contributed by atoms with Crippen LogP contribution in [0, 0.1) is 13.8 Å². The van der Waals surface area contributed by atoms with Crippen LogP contribution < -0.4 is 10.2 Å². The maximum absolute atomic E-state index is 13.0. The van der Waals surface area contributed by atoms with Crippen LogP contribution in [0.5, 0.6) is 0 Å². The zero-order chi connectivity index (χ0) is 21.3. The third-order valence-corrected chi connectivity index (χ3v) is 7.00. The lowest BCUT2D eigenvalue weighted by atomic mass is 10.1. The number of thiophene rings is 1. The van der Waals surface area contributed by atoms with Crippen LogP contribution in [0.15, 0.2) is 24.5 Å². The highest BCUT2D eigenvalue weighted by Gasteiger charge is 2.24. The first-order chi connectivity index (χ1) is 14.5. The zero-order valence-corrected chi connectivity index (χ0v) is 19.1. The fourth-order valence-electron chi connectivity index (χ4n) is 3.96. The minimum Gasteiger partial charge on any atom is -0.353 e. The number of rotatable bonds is 5. The van der Waals surface area contributed by atoms with Crippen molar-refractivity contribution in [1.29, 1.82) is 0 Å². The van der Waals surface area contributed by atoms with Gasteiger partial charge in [-0.15, -0.1) is 11.3 Å². The van der Waals surface area contributed by atoms with E-state index in [0.29, 0.717) is 9.90 Å². The van der Waals surface area contributed by atoms with E-state index in [1.165, 1.54) is 17.8 Å². The van der Waals surface area contributed by atoms with Crippen molar-refractivity contribution < 1.29 is 4.79 Å². The number of aryl methyl sites for hydroxylation is 2. The Morgan fingerprint density at radius 3 is 2.67 bits per heavy atom. The van der Waals surface area contributed by atoms with Gasteiger partial charge in [-0.25, -0.2) is 9.97 Å². The standard InChI is InChI=1S/C22H26ClN5OS/c1-4-7-27-8-10-28(11-9-27)20-18-15(3)19(30-22(18)25-13-24-20)21(29)26-17-6-5-16(23)12-14(17)2/h5-6,12-13H,4,7-11H2,1-3H3,(H,26,29). The number of piperazine rings is 1.